The van der Waals surface area contributed by atoms with Crippen LogP contribution in [0.2, 0.25) is 0 Å². The van der Waals surface area contributed by atoms with E-state index in [9.17, 15) is 19.8 Å². The second-order valence-corrected chi connectivity index (χ2v) is 19.6. The molecule has 50 heavy (non-hydrogen) atoms. The Morgan fingerprint density at radius 1 is 0.540 bits per heavy atom. The molecule has 12 bridgehead atoms. The summed E-state index contributed by atoms with van der Waals surface area (Å²) in [5, 5.41) is 20.9. The summed E-state index contributed by atoms with van der Waals surface area (Å²) >= 11 is 0. The first-order valence-electron chi connectivity index (χ1n) is 20.2. The number of hydrogen-bond donors (Lipinski definition) is 2. The molecule has 0 aliphatic heterocycles. The Balaban J connectivity index is 1.16. The summed E-state index contributed by atoms with van der Waals surface area (Å²) in [5.41, 5.74) is 0.429. The zero-order chi connectivity index (χ0) is 33.6. The maximum atomic E-state index is 12.8. The van der Waals surface area contributed by atoms with E-state index in [0.717, 1.165) is 61.2 Å². The largest absolute Gasteiger partial charge is 0.478 e. The lowest BCUT2D eigenvalue weighted by Crippen LogP contribution is -2.79. The maximum absolute atomic E-state index is 12.8. The quantitative estimate of drug-likeness (QED) is 0.271. The normalized spacial score (nSPS) is 46.6. The molecule has 0 amide bonds. The predicted molar refractivity (Wildman–Crippen MR) is 187 cm³/mol. The van der Waals surface area contributed by atoms with Crippen LogP contribution < -0.4 is 9.47 Å². The number of aromatic carboxylic acids is 2. The van der Waals surface area contributed by atoms with Crippen LogP contribution in [-0.2, 0) is 0 Å². The third-order valence-corrected chi connectivity index (χ3v) is 17.1. The van der Waals surface area contributed by atoms with Gasteiger partial charge in [0, 0.05) is 5.92 Å². The zero-order valence-corrected chi connectivity index (χ0v) is 29.2. The van der Waals surface area contributed by atoms with E-state index in [1.807, 2.05) is 24.3 Å². The van der Waals surface area contributed by atoms with Crippen molar-refractivity contribution in [3.8, 4) is 11.5 Å². The van der Waals surface area contributed by atoms with Crippen molar-refractivity contribution < 1.29 is 29.3 Å². The molecule has 264 valence electrons. The molecule has 0 aromatic heterocycles. The number of benzene rings is 2. The third-order valence-electron chi connectivity index (χ3n) is 17.1. The highest BCUT2D eigenvalue weighted by molar-refractivity contribution is 5.91. The minimum absolute atomic E-state index is 0.0414. The van der Waals surface area contributed by atoms with Crippen LogP contribution in [0.3, 0.4) is 0 Å². The Bertz CT molecular complexity index is 1640. The molecule has 2 N–H and O–H groups in total. The molecule has 6 heteroatoms. The summed E-state index contributed by atoms with van der Waals surface area (Å²) in [6.45, 7) is 0. The second-order valence-electron chi connectivity index (χ2n) is 19.6. The van der Waals surface area contributed by atoms with Gasteiger partial charge in [-0.1, -0.05) is 24.3 Å². The van der Waals surface area contributed by atoms with Gasteiger partial charge in [-0.15, -0.1) is 0 Å². The standard InChI is InChI=1S/C44H52O6/c45-39(46)34-5-1-3-7-36(34)49-44(50-37-8-4-2-6-35(37)40(47)48)33-16-30-13-31(17-33)24-43(44,23-30)42-21-28-12-29(22-42)15-32(14-28)38(42)41-18-25-9-26(19-41)11-27(10-25)20-41/h1-8,25-33,38H,9-24H2,(H,45,46)(H,47,48). The predicted octanol–water partition coefficient (Wildman–Crippen LogP) is 9.72. The van der Waals surface area contributed by atoms with Crippen LogP contribution in [0.15, 0.2) is 48.5 Å². The first-order chi connectivity index (χ1) is 24.2. The van der Waals surface area contributed by atoms with Gasteiger partial charge in [0.25, 0.3) is 5.79 Å². The van der Waals surface area contributed by atoms with E-state index in [-0.39, 0.29) is 27.9 Å². The lowest BCUT2D eigenvalue weighted by atomic mass is 9.27. The first kappa shape index (κ1) is 30.6. The van der Waals surface area contributed by atoms with Crippen molar-refractivity contribution in [2.24, 2.45) is 75.4 Å². The first-order valence-corrected chi connectivity index (χ1v) is 20.2. The van der Waals surface area contributed by atoms with Gasteiger partial charge in [0.1, 0.15) is 22.6 Å². The molecule has 5 atom stereocenters. The van der Waals surface area contributed by atoms with Crippen molar-refractivity contribution in [3.63, 3.8) is 0 Å². The topological polar surface area (TPSA) is 93.1 Å². The molecule has 5 unspecified atom stereocenters. The van der Waals surface area contributed by atoms with Crippen molar-refractivity contribution in [3.05, 3.63) is 59.7 Å². The number of para-hydroxylation sites is 2. The van der Waals surface area contributed by atoms with Gasteiger partial charge < -0.3 is 19.7 Å². The number of carbonyl (C=O) groups is 2. The summed E-state index contributed by atoms with van der Waals surface area (Å²) in [4.78, 5) is 25.6. The Morgan fingerprint density at radius 3 is 1.42 bits per heavy atom. The summed E-state index contributed by atoms with van der Waals surface area (Å²) in [6, 6.07) is 14.3. The lowest BCUT2D eigenvalue weighted by Gasteiger charge is -2.79. The van der Waals surface area contributed by atoms with Crippen LogP contribution in [0, 0.1) is 75.4 Å². The average molecular weight is 677 g/mol. The van der Waals surface area contributed by atoms with Crippen molar-refractivity contribution >= 4 is 11.9 Å². The van der Waals surface area contributed by atoms with Crippen LogP contribution in [0.25, 0.3) is 0 Å². The van der Waals surface area contributed by atoms with Crippen LogP contribution in [0.4, 0.5) is 0 Å². The highest BCUT2D eigenvalue weighted by Gasteiger charge is 2.81. The second kappa shape index (κ2) is 10.3. The molecule has 0 spiro atoms. The molecule has 2 aromatic carbocycles. The van der Waals surface area contributed by atoms with Crippen molar-refractivity contribution in [2.45, 2.75) is 109 Å². The number of hydrogen-bond acceptors (Lipinski definition) is 4. The maximum Gasteiger partial charge on any atom is 0.339 e. The van der Waals surface area contributed by atoms with Crippen molar-refractivity contribution in [1.29, 1.82) is 0 Å². The van der Waals surface area contributed by atoms with Gasteiger partial charge in [0.2, 0.25) is 0 Å². The van der Waals surface area contributed by atoms with Gasteiger partial charge in [0.15, 0.2) is 0 Å². The highest BCUT2D eigenvalue weighted by Crippen LogP contribution is 2.83. The fraction of sp³-hybridized carbons (Fsp3) is 0.682. The highest BCUT2D eigenvalue weighted by atomic mass is 16.7. The Labute approximate surface area is 295 Å². The van der Waals surface area contributed by atoms with Crippen LogP contribution in [-0.4, -0.2) is 27.9 Å². The number of carboxylic acids is 2. The Kier molecular flexibility index (Phi) is 6.31. The Morgan fingerprint density at radius 2 is 0.960 bits per heavy atom. The van der Waals surface area contributed by atoms with Crippen LogP contribution >= 0.6 is 0 Å². The van der Waals surface area contributed by atoms with Crippen LogP contribution in [0.1, 0.15) is 123 Å². The van der Waals surface area contributed by atoms with Gasteiger partial charge in [-0.25, -0.2) is 9.59 Å². The molecule has 0 heterocycles. The fourth-order valence-corrected chi connectivity index (χ4v) is 17.3. The SMILES string of the molecule is O=C(O)c1ccccc1OC1(Oc2ccccc2C(=O)O)C2CC3CC(C2)CC1(C12CC4CC(CC(C4)C1C14CC5CC(CC(C5)C1)C4)C2)C3. The zero-order valence-electron chi connectivity index (χ0n) is 29.2. The minimum atomic E-state index is -1.15. The molecule has 0 radical (unpaired) electrons. The number of ether oxygens (including phenoxy) is 2. The summed E-state index contributed by atoms with van der Waals surface area (Å²) in [5.74, 6) is 4.41. The number of rotatable bonds is 8. The molecule has 12 aliphatic rings. The molecule has 12 saturated carbocycles. The van der Waals surface area contributed by atoms with Gasteiger partial charge >= 0.3 is 11.9 Å². The van der Waals surface area contributed by atoms with E-state index in [4.69, 9.17) is 9.47 Å². The van der Waals surface area contributed by atoms with Crippen molar-refractivity contribution in [1.82, 2.24) is 0 Å². The molecule has 12 aliphatic carbocycles. The summed E-state index contributed by atoms with van der Waals surface area (Å²) in [6.07, 6.45) is 20.5. The minimum Gasteiger partial charge on any atom is -0.478 e. The average Bonchev–Trinajstić information content (AvgIpc) is 3.06. The molecule has 6 nitrogen and oxygen atoms in total. The third kappa shape index (κ3) is 3.97. The number of carboxylic acid groups (broad SMARTS) is 2. The van der Waals surface area contributed by atoms with Crippen molar-refractivity contribution in [2.75, 3.05) is 0 Å². The van der Waals surface area contributed by atoms with Gasteiger partial charge in [0.05, 0.1) is 5.41 Å². The monoisotopic (exact) mass is 676 g/mol. The molecule has 0 saturated heterocycles. The summed E-state index contributed by atoms with van der Waals surface area (Å²) < 4.78 is 15.1. The molecule has 14 rings (SSSR count). The van der Waals surface area contributed by atoms with E-state index in [2.05, 4.69) is 0 Å². The molecule has 2 aromatic rings. The van der Waals surface area contributed by atoms with E-state index in [1.165, 1.54) is 77.0 Å². The smallest absolute Gasteiger partial charge is 0.339 e. The van der Waals surface area contributed by atoms with Crippen LogP contribution in [0.5, 0.6) is 11.5 Å². The lowest BCUT2D eigenvalue weighted by molar-refractivity contribution is -0.379. The van der Waals surface area contributed by atoms with E-state index in [0.29, 0.717) is 34.7 Å². The van der Waals surface area contributed by atoms with E-state index < -0.39 is 17.7 Å². The molecular weight excluding hydrogens is 624 g/mol. The summed E-state index contributed by atoms with van der Waals surface area (Å²) in [7, 11) is 0. The van der Waals surface area contributed by atoms with Gasteiger partial charge in [-0.3, -0.25) is 0 Å². The Hall–Kier alpha value is -3.02. The van der Waals surface area contributed by atoms with E-state index >= 15 is 0 Å². The fourth-order valence-electron chi connectivity index (χ4n) is 17.3. The van der Waals surface area contributed by atoms with Gasteiger partial charge in [-0.05, 0) is 191 Å². The van der Waals surface area contributed by atoms with Gasteiger partial charge in [-0.2, -0.15) is 0 Å². The molecule has 12 fully saturated rings. The van der Waals surface area contributed by atoms with E-state index in [1.54, 1.807) is 24.3 Å². The molecular formula is C44H52O6.